The standard InChI is InChI=1S/C20H16F4N4O3/c21-12-3-10(4-13(22)7-12)17-1-2-26-28(17)20(30)27-8-14(9-27)31-18-15(23)5-11(19(25)29)6-16(18)24/h2-7,14,17H,1,8-9H2,(H2,25,29)/t17-/m0/s1. The van der Waals surface area contributed by atoms with E-state index in [1.54, 1.807) is 0 Å². The van der Waals surface area contributed by atoms with Crippen LogP contribution in [0.25, 0.3) is 0 Å². The minimum Gasteiger partial charge on any atom is -0.481 e. The van der Waals surface area contributed by atoms with E-state index in [0.717, 1.165) is 35.3 Å². The van der Waals surface area contributed by atoms with Crippen LogP contribution in [0.4, 0.5) is 22.4 Å². The minimum atomic E-state index is -1.09. The van der Waals surface area contributed by atoms with Gasteiger partial charge in [0.1, 0.15) is 17.7 Å². The highest BCUT2D eigenvalue weighted by Gasteiger charge is 2.39. The predicted molar refractivity (Wildman–Crippen MR) is 100 cm³/mol. The number of primary amides is 1. The first-order valence-corrected chi connectivity index (χ1v) is 9.25. The van der Waals surface area contributed by atoms with Crippen LogP contribution in [0, 0.1) is 23.3 Å². The van der Waals surface area contributed by atoms with Crippen molar-refractivity contribution < 1.29 is 31.9 Å². The average molecular weight is 436 g/mol. The van der Waals surface area contributed by atoms with Gasteiger partial charge in [0.05, 0.1) is 19.1 Å². The molecule has 11 heteroatoms. The number of hydrazone groups is 1. The first-order valence-electron chi connectivity index (χ1n) is 9.25. The number of ether oxygens (including phenoxy) is 1. The summed E-state index contributed by atoms with van der Waals surface area (Å²) in [6.45, 7) is 0.0388. The van der Waals surface area contributed by atoms with Gasteiger partial charge in [-0.05, 0) is 29.8 Å². The third-order valence-electron chi connectivity index (χ3n) is 4.98. The summed E-state index contributed by atoms with van der Waals surface area (Å²) in [4.78, 5) is 25.1. The van der Waals surface area contributed by atoms with Crippen molar-refractivity contribution in [2.24, 2.45) is 10.8 Å². The fourth-order valence-corrected chi connectivity index (χ4v) is 3.44. The molecule has 1 fully saturated rings. The number of nitrogens with two attached hydrogens (primary N) is 1. The molecule has 2 heterocycles. The number of urea groups is 1. The van der Waals surface area contributed by atoms with Gasteiger partial charge in [-0.15, -0.1) is 0 Å². The van der Waals surface area contributed by atoms with Gasteiger partial charge in [0, 0.05) is 24.3 Å². The molecule has 0 unspecified atom stereocenters. The van der Waals surface area contributed by atoms with Crippen LogP contribution in [0.5, 0.6) is 5.75 Å². The van der Waals surface area contributed by atoms with Crippen molar-refractivity contribution in [2.75, 3.05) is 13.1 Å². The maximum absolute atomic E-state index is 14.1. The van der Waals surface area contributed by atoms with E-state index in [4.69, 9.17) is 10.5 Å². The Hall–Kier alpha value is -3.63. The van der Waals surface area contributed by atoms with Gasteiger partial charge < -0.3 is 15.4 Å². The van der Waals surface area contributed by atoms with Crippen LogP contribution in [0.3, 0.4) is 0 Å². The van der Waals surface area contributed by atoms with Crippen LogP contribution in [-0.2, 0) is 0 Å². The molecule has 2 aromatic rings. The van der Waals surface area contributed by atoms with E-state index in [9.17, 15) is 27.2 Å². The third kappa shape index (κ3) is 4.03. The Morgan fingerprint density at radius 3 is 2.19 bits per heavy atom. The van der Waals surface area contributed by atoms with E-state index in [0.29, 0.717) is 0 Å². The van der Waals surface area contributed by atoms with E-state index in [1.165, 1.54) is 11.1 Å². The Labute approximate surface area is 173 Å². The molecule has 0 spiro atoms. The molecule has 0 radical (unpaired) electrons. The topological polar surface area (TPSA) is 88.2 Å². The number of rotatable bonds is 4. The maximum Gasteiger partial charge on any atom is 0.341 e. The molecule has 0 aliphatic carbocycles. The highest BCUT2D eigenvalue weighted by atomic mass is 19.1. The lowest BCUT2D eigenvalue weighted by Gasteiger charge is -2.41. The second-order valence-corrected chi connectivity index (χ2v) is 7.16. The normalized spacial score (nSPS) is 18.3. The van der Waals surface area contributed by atoms with Crippen LogP contribution in [-0.4, -0.2) is 47.3 Å². The Kier molecular flexibility index (Phi) is 5.25. The summed E-state index contributed by atoms with van der Waals surface area (Å²) in [6, 6.07) is 3.32. The summed E-state index contributed by atoms with van der Waals surface area (Å²) in [7, 11) is 0. The highest BCUT2D eigenvalue weighted by Crippen LogP contribution is 2.32. The van der Waals surface area contributed by atoms with Crippen molar-refractivity contribution in [1.82, 2.24) is 9.91 Å². The molecule has 7 nitrogen and oxygen atoms in total. The number of hydrogen-bond acceptors (Lipinski definition) is 4. The number of carbonyl (C=O) groups is 2. The van der Waals surface area contributed by atoms with E-state index in [-0.39, 0.29) is 30.6 Å². The number of halogens is 4. The summed E-state index contributed by atoms with van der Waals surface area (Å²) in [5.41, 5.74) is 4.93. The van der Waals surface area contributed by atoms with Crippen LogP contribution < -0.4 is 10.5 Å². The fourth-order valence-electron chi connectivity index (χ4n) is 3.44. The van der Waals surface area contributed by atoms with Gasteiger partial charge in [0.25, 0.3) is 0 Å². The summed E-state index contributed by atoms with van der Waals surface area (Å²) < 4.78 is 60.5. The number of hydrogen-bond donors (Lipinski definition) is 1. The largest absolute Gasteiger partial charge is 0.481 e. The van der Waals surface area contributed by atoms with Crippen molar-refractivity contribution >= 4 is 18.2 Å². The molecule has 3 amide bonds. The second kappa shape index (κ2) is 7.89. The van der Waals surface area contributed by atoms with Gasteiger partial charge in [-0.1, -0.05) is 0 Å². The van der Waals surface area contributed by atoms with Crippen molar-refractivity contribution in [3.63, 3.8) is 0 Å². The predicted octanol–water partition coefficient (Wildman–Crippen LogP) is 2.96. The molecule has 0 aromatic heterocycles. The molecule has 2 aliphatic heterocycles. The Morgan fingerprint density at radius 1 is 1.00 bits per heavy atom. The number of nitrogens with zero attached hydrogens (tertiary/aromatic N) is 3. The number of likely N-dealkylation sites (tertiary alicyclic amines) is 1. The molecular weight excluding hydrogens is 420 g/mol. The van der Waals surface area contributed by atoms with Crippen molar-refractivity contribution in [3.8, 4) is 5.75 Å². The zero-order chi connectivity index (χ0) is 22.3. The highest BCUT2D eigenvalue weighted by molar-refractivity contribution is 5.93. The molecule has 2 aromatic carbocycles. The quantitative estimate of drug-likeness (QED) is 0.748. The van der Waals surface area contributed by atoms with Crippen LogP contribution >= 0.6 is 0 Å². The Balaban J connectivity index is 1.40. The number of carbonyl (C=O) groups excluding carboxylic acids is 2. The molecule has 2 aliphatic rings. The lowest BCUT2D eigenvalue weighted by molar-refractivity contribution is 0.0235. The van der Waals surface area contributed by atoms with E-state index >= 15 is 0 Å². The molecule has 0 bridgehead atoms. The van der Waals surface area contributed by atoms with Crippen LogP contribution in [0.15, 0.2) is 35.4 Å². The maximum atomic E-state index is 14.1. The summed E-state index contributed by atoms with van der Waals surface area (Å²) in [6.07, 6.45) is 1.05. The lowest BCUT2D eigenvalue weighted by atomic mass is 10.0. The number of amides is 3. The second-order valence-electron chi connectivity index (χ2n) is 7.16. The summed E-state index contributed by atoms with van der Waals surface area (Å²) >= 11 is 0. The third-order valence-corrected chi connectivity index (χ3v) is 4.98. The minimum absolute atomic E-state index is 0.0194. The molecule has 0 saturated carbocycles. The van der Waals surface area contributed by atoms with Gasteiger partial charge in [0.2, 0.25) is 5.91 Å². The van der Waals surface area contributed by atoms with Crippen LogP contribution in [0.2, 0.25) is 0 Å². The zero-order valence-corrected chi connectivity index (χ0v) is 15.9. The summed E-state index contributed by atoms with van der Waals surface area (Å²) in [5, 5.41) is 5.09. The Morgan fingerprint density at radius 2 is 1.61 bits per heavy atom. The average Bonchev–Trinajstić information content (AvgIpc) is 3.14. The fraction of sp³-hybridized carbons (Fsp3) is 0.250. The SMILES string of the molecule is NC(=O)c1cc(F)c(OC2CN(C(=O)N3N=CC[C@H]3c3cc(F)cc(F)c3)C2)c(F)c1. The molecular formula is C20H16F4N4O3. The van der Waals surface area contributed by atoms with E-state index in [1.807, 2.05) is 0 Å². The van der Waals surface area contributed by atoms with Gasteiger partial charge >= 0.3 is 6.03 Å². The number of benzene rings is 2. The molecule has 2 N–H and O–H groups in total. The van der Waals surface area contributed by atoms with Crippen molar-refractivity contribution in [1.29, 1.82) is 0 Å². The van der Waals surface area contributed by atoms with Crippen molar-refractivity contribution in [3.05, 3.63) is 64.7 Å². The van der Waals surface area contributed by atoms with Gasteiger partial charge in [-0.3, -0.25) is 4.79 Å². The molecule has 1 saturated heterocycles. The molecule has 4 rings (SSSR count). The molecule has 1 atom stereocenters. The zero-order valence-electron chi connectivity index (χ0n) is 15.9. The molecule has 31 heavy (non-hydrogen) atoms. The summed E-state index contributed by atoms with van der Waals surface area (Å²) in [5.74, 6) is -5.36. The van der Waals surface area contributed by atoms with Crippen LogP contribution in [0.1, 0.15) is 28.4 Å². The smallest absolute Gasteiger partial charge is 0.341 e. The van der Waals surface area contributed by atoms with Crippen molar-refractivity contribution in [2.45, 2.75) is 18.6 Å². The monoisotopic (exact) mass is 436 g/mol. The van der Waals surface area contributed by atoms with Gasteiger partial charge in [-0.2, -0.15) is 5.10 Å². The van der Waals surface area contributed by atoms with Gasteiger partial charge in [-0.25, -0.2) is 27.4 Å². The van der Waals surface area contributed by atoms with Gasteiger partial charge in [0.15, 0.2) is 17.4 Å². The lowest BCUT2D eigenvalue weighted by Crippen LogP contribution is -2.59. The first-order chi connectivity index (χ1) is 14.7. The molecule has 162 valence electrons. The van der Waals surface area contributed by atoms with E-state index in [2.05, 4.69) is 5.10 Å². The Bertz CT molecular complexity index is 1040. The first kappa shape index (κ1) is 20.6. The van der Waals surface area contributed by atoms with E-state index < -0.39 is 53.1 Å².